The number of nitrogens with zero attached hydrogens (tertiary/aromatic N) is 4. The van der Waals surface area contributed by atoms with Crippen molar-refractivity contribution in [3.05, 3.63) is 59.5 Å². The van der Waals surface area contributed by atoms with Gasteiger partial charge in [-0.15, -0.1) is 0 Å². The van der Waals surface area contributed by atoms with E-state index in [1.165, 1.54) is 25.7 Å². The van der Waals surface area contributed by atoms with Crippen LogP contribution in [0, 0.1) is 5.41 Å². The van der Waals surface area contributed by atoms with E-state index in [9.17, 15) is 4.79 Å². The summed E-state index contributed by atoms with van der Waals surface area (Å²) in [6, 6.07) is 11.0. The number of hydrogen-bond acceptors (Lipinski definition) is 4. The Morgan fingerprint density at radius 3 is 2.68 bits per heavy atom. The zero-order valence-electron chi connectivity index (χ0n) is 20.2. The number of fused-ring (bicyclic) bond motifs is 1. The van der Waals surface area contributed by atoms with E-state index < -0.39 is 0 Å². The van der Waals surface area contributed by atoms with Crippen molar-refractivity contribution in [2.45, 2.75) is 71.1 Å². The molecule has 1 aliphatic heterocycles. The molecule has 3 heterocycles. The van der Waals surface area contributed by atoms with Crippen molar-refractivity contribution in [3.8, 4) is 22.4 Å². The second-order valence-corrected chi connectivity index (χ2v) is 10.7. The molecule has 0 unspecified atom stereocenters. The molecule has 6 heteroatoms. The number of carbonyl (C=O) groups excluding carboxylic acids is 1. The third kappa shape index (κ3) is 3.94. The number of pyridine rings is 1. The predicted molar refractivity (Wildman–Crippen MR) is 133 cm³/mol. The number of benzene rings is 1. The van der Waals surface area contributed by atoms with Gasteiger partial charge in [-0.1, -0.05) is 38.0 Å². The lowest BCUT2D eigenvalue weighted by atomic mass is 9.89. The number of carbonyl (C=O) groups is 1. The highest BCUT2D eigenvalue weighted by molar-refractivity contribution is 6.00. The molecular formula is C28H33N5O. The van der Waals surface area contributed by atoms with Crippen LogP contribution in [0.4, 0.5) is 0 Å². The van der Waals surface area contributed by atoms with Crippen LogP contribution in [0.15, 0.2) is 42.7 Å². The van der Waals surface area contributed by atoms with Crippen molar-refractivity contribution in [1.29, 1.82) is 0 Å². The molecule has 0 spiro atoms. The standard InChI is InChI=1S/C28H33N5O/c1-28(11-3-4-12-28)18-32-16-21(14-30-32)24-10-7-22(15-29-2)31-26(24)19-5-6-20-17-33(23-8-9-23)27(34)25(20)13-19/h5-7,10,13-14,16,23,29H,3-4,8-9,11-12,15,17-18H2,1-2H3. The number of nitrogens with one attached hydrogen (secondary N) is 1. The highest BCUT2D eigenvalue weighted by Gasteiger charge is 2.38. The highest BCUT2D eigenvalue weighted by Crippen LogP contribution is 2.40. The van der Waals surface area contributed by atoms with Crippen molar-refractivity contribution in [3.63, 3.8) is 0 Å². The zero-order chi connectivity index (χ0) is 23.3. The molecule has 2 saturated carbocycles. The van der Waals surface area contributed by atoms with Crippen LogP contribution < -0.4 is 5.32 Å². The first-order chi connectivity index (χ1) is 16.5. The third-order valence-corrected chi connectivity index (χ3v) is 7.81. The molecule has 6 nitrogen and oxygen atoms in total. The van der Waals surface area contributed by atoms with Crippen LogP contribution in [-0.2, 0) is 19.6 Å². The van der Waals surface area contributed by atoms with Crippen molar-refractivity contribution >= 4 is 5.91 Å². The average molecular weight is 456 g/mol. The van der Waals surface area contributed by atoms with Gasteiger partial charge in [-0.25, -0.2) is 0 Å². The van der Waals surface area contributed by atoms with Gasteiger partial charge in [0.25, 0.3) is 5.91 Å². The number of hydrogen-bond donors (Lipinski definition) is 1. The van der Waals surface area contributed by atoms with Gasteiger partial charge in [0.2, 0.25) is 0 Å². The van der Waals surface area contributed by atoms with E-state index in [1.54, 1.807) is 0 Å². The van der Waals surface area contributed by atoms with E-state index >= 15 is 0 Å². The molecule has 3 aliphatic rings. The summed E-state index contributed by atoms with van der Waals surface area (Å²) in [5, 5.41) is 7.92. The molecule has 0 bridgehead atoms. The molecule has 34 heavy (non-hydrogen) atoms. The Hall–Kier alpha value is -2.99. The lowest BCUT2D eigenvalue weighted by Crippen LogP contribution is -2.25. The topological polar surface area (TPSA) is 63.1 Å². The Morgan fingerprint density at radius 2 is 1.91 bits per heavy atom. The molecule has 1 N–H and O–H groups in total. The summed E-state index contributed by atoms with van der Waals surface area (Å²) in [5.74, 6) is 0.171. The fourth-order valence-electron chi connectivity index (χ4n) is 5.75. The van der Waals surface area contributed by atoms with Crippen molar-refractivity contribution < 1.29 is 4.79 Å². The molecule has 2 aliphatic carbocycles. The molecule has 3 aromatic rings. The average Bonchev–Trinajstić information content (AvgIpc) is 3.28. The van der Waals surface area contributed by atoms with E-state index in [1.807, 2.05) is 18.1 Å². The van der Waals surface area contributed by atoms with E-state index in [2.05, 4.69) is 53.5 Å². The number of aromatic nitrogens is 3. The van der Waals surface area contributed by atoms with Gasteiger partial charge < -0.3 is 10.2 Å². The van der Waals surface area contributed by atoms with Crippen LogP contribution >= 0.6 is 0 Å². The van der Waals surface area contributed by atoms with E-state index in [-0.39, 0.29) is 5.91 Å². The molecule has 0 saturated heterocycles. The van der Waals surface area contributed by atoms with Crippen molar-refractivity contribution in [2.75, 3.05) is 7.05 Å². The normalized spacial score (nSPS) is 19.1. The van der Waals surface area contributed by atoms with Gasteiger partial charge in [0, 0.05) is 54.1 Å². The molecule has 176 valence electrons. The lowest BCUT2D eigenvalue weighted by molar-refractivity contribution is 0.0766. The summed E-state index contributed by atoms with van der Waals surface area (Å²) in [4.78, 5) is 20.1. The Kier molecular flexibility index (Phi) is 5.29. The van der Waals surface area contributed by atoms with Crippen LogP contribution in [0.2, 0.25) is 0 Å². The van der Waals surface area contributed by atoms with E-state index in [0.29, 0.717) is 18.0 Å². The summed E-state index contributed by atoms with van der Waals surface area (Å²) >= 11 is 0. The maximum atomic E-state index is 13.1. The molecule has 2 fully saturated rings. The first kappa shape index (κ1) is 21.5. The summed E-state index contributed by atoms with van der Waals surface area (Å²) in [6.07, 6.45) is 11.6. The summed E-state index contributed by atoms with van der Waals surface area (Å²) in [5.41, 5.74) is 7.34. The molecule has 1 amide bonds. The minimum absolute atomic E-state index is 0.171. The molecule has 0 radical (unpaired) electrons. The van der Waals surface area contributed by atoms with Gasteiger partial charge in [0.1, 0.15) is 0 Å². The van der Waals surface area contributed by atoms with Gasteiger partial charge in [-0.05, 0) is 55.8 Å². The van der Waals surface area contributed by atoms with Crippen LogP contribution in [0.5, 0.6) is 0 Å². The van der Waals surface area contributed by atoms with Crippen molar-refractivity contribution in [2.24, 2.45) is 5.41 Å². The minimum Gasteiger partial charge on any atom is -0.331 e. The maximum Gasteiger partial charge on any atom is 0.254 e. The Balaban J connectivity index is 1.36. The van der Waals surface area contributed by atoms with Crippen molar-refractivity contribution in [1.82, 2.24) is 25.0 Å². The first-order valence-electron chi connectivity index (χ1n) is 12.6. The Bertz CT molecular complexity index is 1240. The van der Waals surface area contributed by atoms with Gasteiger partial charge >= 0.3 is 0 Å². The minimum atomic E-state index is 0.171. The second-order valence-electron chi connectivity index (χ2n) is 10.7. The SMILES string of the molecule is CNCc1ccc(-c2cnn(CC3(C)CCCC3)c2)c(-c2ccc3c(c2)C(=O)N(C2CC2)C3)n1. The first-order valence-corrected chi connectivity index (χ1v) is 12.6. The molecule has 1 aromatic carbocycles. The number of amides is 1. The van der Waals surface area contributed by atoms with Gasteiger partial charge in [-0.2, -0.15) is 5.10 Å². The van der Waals surface area contributed by atoms with Crippen LogP contribution in [0.25, 0.3) is 22.4 Å². The molecule has 6 rings (SSSR count). The van der Waals surface area contributed by atoms with Crippen LogP contribution in [0.3, 0.4) is 0 Å². The van der Waals surface area contributed by atoms with Gasteiger partial charge in [0.15, 0.2) is 0 Å². The van der Waals surface area contributed by atoms with Crippen LogP contribution in [0.1, 0.15) is 67.1 Å². The van der Waals surface area contributed by atoms with E-state index in [4.69, 9.17) is 10.1 Å². The quantitative estimate of drug-likeness (QED) is 0.543. The fourth-order valence-corrected chi connectivity index (χ4v) is 5.75. The summed E-state index contributed by atoms with van der Waals surface area (Å²) in [7, 11) is 1.93. The monoisotopic (exact) mass is 455 g/mol. The molecule has 0 atom stereocenters. The zero-order valence-corrected chi connectivity index (χ0v) is 20.2. The maximum absolute atomic E-state index is 13.1. The number of rotatable bonds is 7. The smallest absolute Gasteiger partial charge is 0.254 e. The summed E-state index contributed by atoms with van der Waals surface area (Å²) in [6.45, 7) is 4.78. The van der Waals surface area contributed by atoms with Gasteiger partial charge in [0.05, 0.1) is 17.6 Å². The van der Waals surface area contributed by atoms with E-state index in [0.717, 1.165) is 65.1 Å². The third-order valence-electron chi connectivity index (χ3n) is 7.81. The molecular weight excluding hydrogens is 422 g/mol. The Morgan fingerprint density at radius 1 is 1.09 bits per heavy atom. The van der Waals surface area contributed by atoms with Crippen LogP contribution in [-0.4, -0.2) is 38.7 Å². The Labute approximate surface area is 201 Å². The summed E-state index contributed by atoms with van der Waals surface area (Å²) < 4.78 is 2.10. The predicted octanol–water partition coefficient (Wildman–Crippen LogP) is 5.03. The fraction of sp³-hybridized carbons (Fsp3) is 0.464. The molecule has 2 aromatic heterocycles. The second kappa shape index (κ2) is 8.35. The van der Waals surface area contributed by atoms with Gasteiger partial charge in [-0.3, -0.25) is 14.5 Å². The lowest BCUT2D eigenvalue weighted by Gasteiger charge is -2.22. The largest absolute Gasteiger partial charge is 0.331 e. The highest BCUT2D eigenvalue weighted by atomic mass is 16.2.